The van der Waals surface area contributed by atoms with Gasteiger partial charge in [0, 0.05) is 13.2 Å². The lowest BCUT2D eigenvalue weighted by molar-refractivity contribution is -0.165. The lowest BCUT2D eigenvalue weighted by atomic mass is 9.67. The van der Waals surface area contributed by atoms with E-state index in [1.165, 1.54) is 6.42 Å². The molecule has 1 N–H and O–H groups in total. The van der Waals surface area contributed by atoms with Gasteiger partial charge < -0.3 is 10.1 Å². The highest BCUT2D eigenvalue weighted by molar-refractivity contribution is 5.01. The third kappa shape index (κ3) is 1.78. The second-order valence-electron chi connectivity index (χ2n) is 5.89. The Bertz CT molecular complexity index is 259. The van der Waals surface area contributed by atoms with E-state index in [4.69, 9.17) is 4.74 Å². The standard InChI is InChI=1S/C13H22FNO/c14-13(6-2-7-15-10-13)11-3-8-16-12(9-11)4-1-5-12/h11,15H,1-10H2. The molecule has 1 saturated carbocycles. The zero-order valence-electron chi connectivity index (χ0n) is 9.93. The second kappa shape index (κ2) is 3.95. The van der Waals surface area contributed by atoms with Crippen molar-refractivity contribution in [3.05, 3.63) is 0 Å². The molecule has 2 heterocycles. The first-order valence-electron chi connectivity index (χ1n) is 6.76. The molecule has 3 aliphatic rings. The fraction of sp³-hybridized carbons (Fsp3) is 1.00. The molecule has 1 spiro atoms. The Hall–Kier alpha value is -0.150. The van der Waals surface area contributed by atoms with Crippen LogP contribution in [-0.4, -0.2) is 31.0 Å². The van der Waals surface area contributed by atoms with Crippen LogP contribution in [-0.2, 0) is 4.74 Å². The lowest BCUT2D eigenvalue weighted by Crippen LogP contribution is -2.54. The molecule has 0 aromatic heterocycles. The molecular formula is C13H22FNO. The fourth-order valence-corrected chi connectivity index (χ4v) is 3.63. The van der Waals surface area contributed by atoms with Crippen LogP contribution < -0.4 is 5.32 Å². The zero-order chi connectivity index (χ0) is 11.1. The topological polar surface area (TPSA) is 21.3 Å². The largest absolute Gasteiger partial charge is 0.375 e. The van der Waals surface area contributed by atoms with Gasteiger partial charge in [0.1, 0.15) is 5.67 Å². The molecule has 1 aliphatic carbocycles. The van der Waals surface area contributed by atoms with Crippen molar-refractivity contribution >= 4 is 0 Å². The van der Waals surface area contributed by atoms with E-state index in [0.717, 1.165) is 51.7 Å². The van der Waals surface area contributed by atoms with Crippen molar-refractivity contribution in [2.75, 3.05) is 19.7 Å². The van der Waals surface area contributed by atoms with Crippen LogP contribution in [0.25, 0.3) is 0 Å². The Labute approximate surface area is 96.9 Å². The third-order valence-corrected chi connectivity index (χ3v) is 4.85. The van der Waals surface area contributed by atoms with Gasteiger partial charge in [-0.2, -0.15) is 0 Å². The lowest BCUT2D eigenvalue weighted by Gasteiger charge is -2.50. The number of hydrogen-bond donors (Lipinski definition) is 1. The number of hydrogen-bond acceptors (Lipinski definition) is 2. The van der Waals surface area contributed by atoms with Gasteiger partial charge in [-0.25, -0.2) is 4.39 Å². The molecule has 0 aromatic rings. The van der Waals surface area contributed by atoms with Crippen molar-refractivity contribution in [1.29, 1.82) is 0 Å². The van der Waals surface area contributed by atoms with E-state index in [-0.39, 0.29) is 11.5 Å². The number of ether oxygens (including phenoxy) is 1. The SMILES string of the molecule is FC1(C2CCOC3(CCC3)C2)CCCNC1. The summed E-state index contributed by atoms with van der Waals surface area (Å²) in [5, 5.41) is 3.22. The molecule has 0 bridgehead atoms. The Morgan fingerprint density at radius 1 is 1.19 bits per heavy atom. The average Bonchev–Trinajstić information content (AvgIpc) is 2.28. The summed E-state index contributed by atoms with van der Waals surface area (Å²) in [4.78, 5) is 0. The van der Waals surface area contributed by atoms with Crippen LogP contribution >= 0.6 is 0 Å². The molecule has 3 rings (SSSR count). The predicted octanol–water partition coefficient (Wildman–Crippen LogP) is 2.43. The maximum atomic E-state index is 14.8. The van der Waals surface area contributed by atoms with E-state index in [9.17, 15) is 4.39 Å². The van der Waals surface area contributed by atoms with E-state index < -0.39 is 5.67 Å². The van der Waals surface area contributed by atoms with Crippen LogP contribution in [0.5, 0.6) is 0 Å². The minimum Gasteiger partial charge on any atom is -0.375 e. The molecule has 2 aliphatic heterocycles. The van der Waals surface area contributed by atoms with Gasteiger partial charge in [-0.15, -0.1) is 0 Å². The van der Waals surface area contributed by atoms with Crippen LogP contribution in [0.3, 0.4) is 0 Å². The second-order valence-corrected chi connectivity index (χ2v) is 5.89. The highest BCUT2D eigenvalue weighted by Crippen LogP contribution is 2.48. The first kappa shape index (κ1) is 11.0. The maximum absolute atomic E-state index is 14.8. The minimum atomic E-state index is -0.954. The van der Waals surface area contributed by atoms with Crippen LogP contribution in [0.15, 0.2) is 0 Å². The van der Waals surface area contributed by atoms with Gasteiger partial charge in [0.05, 0.1) is 5.60 Å². The van der Waals surface area contributed by atoms with Crippen molar-refractivity contribution in [3.8, 4) is 0 Å². The van der Waals surface area contributed by atoms with Crippen molar-refractivity contribution in [1.82, 2.24) is 5.32 Å². The van der Waals surface area contributed by atoms with Crippen LogP contribution in [0.2, 0.25) is 0 Å². The Balaban J connectivity index is 1.68. The first-order valence-corrected chi connectivity index (χ1v) is 6.76. The number of halogens is 1. The van der Waals surface area contributed by atoms with Crippen molar-refractivity contribution in [2.45, 2.75) is 56.2 Å². The molecule has 2 atom stereocenters. The summed E-state index contributed by atoms with van der Waals surface area (Å²) in [5.41, 5.74) is -0.871. The fourth-order valence-electron chi connectivity index (χ4n) is 3.63. The molecular weight excluding hydrogens is 205 g/mol. The van der Waals surface area contributed by atoms with Crippen molar-refractivity contribution in [2.24, 2.45) is 5.92 Å². The average molecular weight is 227 g/mol. The Kier molecular flexibility index (Phi) is 2.71. The smallest absolute Gasteiger partial charge is 0.126 e. The molecule has 3 heteroatoms. The highest BCUT2D eigenvalue weighted by atomic mass is 19.1. The van der Waals surface area contributed by atoms with Crippen molar-refractivity contribution in [3.63, 3.8) is 0 Å². The summed E-state index contributed by atoms with van der Waals surface area (Å²) in [6, 6.07) is 0. The summed E-state index contributed by atoms with van der Waals surface area (Å²) in [6.45, 7) is 2.32. The monoisotopic (exact) mass is 227 g/mol. The van der Waals surface area contributed by atoms with E-state index in [1.54, 1.807) is 0 Å². The highest BCUT2D eigenvalue weighted by Gasteiger charge is 2.49. The molecule has 92 valence electrons. The van der Waals surface area contributed by atoms with Crippen LogP contribution in [0, 0.1) is 5.92 Å². The molecule has 0 radical (unpaired) electrons. The normalized spacial score (nSPS) is 42.9. The maximum Gasteiger partial charge on any atom is 0.126 e. The van der Waals surface area contributed by atoms with E-state index in [2.05, 4.69) is 5.32 Å². The number of rotatable bonds is 1. The molecule has 0 aromatic carbocycles. The minimum absolute atomic E-state index is 0.0828. The van der Waals surface area contributed by atoms with E-state index >= 15 is 0 Å². The first-order chi connectivity index (χ1) is 7.73. The molecule has 3 fully saturated rings. The van der Waals surface area contributed by atoms with Crippen LogP contribution in [0.4, 0.5) is 4.39 Å². The van der Waals surface area contributed by atoms with E-state index in [0.29, 0.717) is 6.54 Å². The van der Waals surface area contributed by atoms with Gasteiger partial charge in [-0.1, -0.05) is 0 Å². The van der Waals surface area contributed by atoms with Crippen molar-refractivity contribution < 1.29 is 9.13 Å². The van der Waals surface area contributed by atoms with Gasteiger partial charge in [0.15, 0.2) is 0 Å². The summed E-state index contributed by atoms with van der Waals surface area (Å²) in [5.74, 6) is 0.231. The van der Waals surface area contributed by atoms with Gasteiger partial charge in [-0.05, 0) is 57.4 Å². The molecule has 0 amide bonds. The zero-order valence-corrected chi connectivity index (χ0v) is 9.93. The third-order valence-electron chi connectivity index (χ3n) is 4.85. The summed E-state index contributed by atoms with van der Waals surface area (Å²) in [7, 11) is 0. The van der Waals surface area contributed by atoms with E-state index in [1.807, 2.05) is 0 Å². The molecule has 2 saturated heterocycles. The van der Waals surface area contributed by atoms with Gasteiger partial charge in [-0.3, -0.25) is 0 Å². The number of nitrogens with one attached hydrogen (secondary N) is 1. The molecule has 2 unspecified atom stereocenters. The predicted molar refractivity (Wildman–Crippen MR) is 61.2 cm³/mol. The quantitative estimate of drug-likeness (QED) is 0.743. The van der Waals surface area contributed by atoms with Crippen LogP contribution in [0.1, 0.15) is 44.9 Å². The van der Waals surface area contributed by atoms with Gasteiger partial charge in [0.25, 0.3) is 0 Å². The molecule has 16 heavy (non-hydrogen) atoms. The number of piperidine rings is 1. The summed E-state index contributed by atoms with van der Waals surface area (Å²) in [6.07, 6.45) is 7.21. The van der Waals surface area contributed by atoms with Gasteiger partial charge in [0.2, 0.25) is 0 Å². The summed E-state index contributed by atoms with van der Waals surface area (Å²) >= 11 is 0. The Morgan fingerprint density at radius 3 is 2.69 bits per heavy atom. The number of alkyl halides is 1. The summed E-state index contributed by atoms with van der Waals surface area (Å²) < 4.78 is 20.7. The molecule has 2 nitrogen and oxygen atoms in total. The Morgan fingerprint density at radius 2 is 2.06 bits per heavy atom. The van der Waals surface area contributed by atoms with Gasteiger partial charge >= 0.3 is 0 Å².